The molecule has 1 aromatic heterocycles. The number of fused-ring (bicyclic) bond motifs is 2. The smallest absolute Gasteiger partial charge is 0.0771 e. The predicted molar refractivity (Wildman–Crippen MR) is 76.1 cm³/mol. The van der Waals surface area contributed by atoms with Gasteiger partial charge in [-0.25, -0.2) is 0 Å². The van der Waals surface area contributed by atoms with E-state index in [4.69, 9.17) is 9.84 Å². The van der Waals surface area contributed by atoms with Gasteiger partial charge in [0.15, 0.2) is 0 Å². The van der Waals surface area contributed by atoms with Crippen molar-refractivity contribution in [3.05, 3.63) is 21.9 Å². The zero-order valence-electron chi connectivity index (χ0n) is 11.0. The molecule has 0 aliphatic carbocycles. The number of aliphatic hydroxyl groups is 1. The molecule has 19 heavy (non-hydrogen) atoms. The largest absolute Gasteiger partial charge is 0.395 e. The zero-order valence-corrected chi connectivity index (χ0v) is 11.8. The van der Waals surface area contributed by atoms with Crippen molar-refractivity contribution in [2.75, 3.05) is 19.7 Å². The number of hydrogen-bond donors (Lipinski definition) is 1. The Labute approximate surface area is 118 Å². The summed E-state index contributed by atoms with van der Waals surface area (Å²) in [6.45, 7) is 3.30. The van der Waals surface area contributed by atoms with Crippen LogP contribution in [-0.4, -0.2) is 41.9 Å². The van der Waals surface area contributed by atoms with Crippen molar-refractivity contribution in [3.63, 3.8) is 0 Å². The first kappa shape index (κ1) is 13.1. The summed E-state index contributed by atoms with van der Waals surface area (Å²) in [4.78, 5) is 4.97. The Balaban J connectivity index is 1.57. The molecule has 2 bridgehead atoms. The lowest BCUT2D eigenvalue weighted by molar-refractivity contribution is -0.0407. The summed E-state index contributed by atoms with van der Waals surface area (Å²) in [5.74, 6) is 6.07. The molecule has 2 atom stereocenters. The highest BCUT2D eigenvalue weighted by atomic mass is 32.1. The third kappa shape index (κ3) is 3.37. The standard InChI is InChI=1S/C15H19NO2S/c17-8-2-1-3-14-6-7-15(19-14)11-16-9-12-4-5-13(10-16)18-12/h6-7,12-13,17H,2,4-5,8-11H2. The number of hydrogen-bond acceptors (Lipinski definition) is 4. The number of aliphatic hydroxyl groups excluding tert-OH is 1. The number of nitrogens with zero attached hydrogens (tertiary/aromatic N) is 1. The third-order valence-corrected chi connectivity index (χ3v) is 4.59. The monoisotopic (exact) mass is 277 g/mol. The van der Waals surface area contributed by atoms with Crippen LogP contribution in [0.5, 0.6) is 0 Å². The van der Waals surface area contributed by atoms with E-state index >= 15 is 0 Å². The van der Waals surface area contributed by atoms with Crippen LogP contribution in [-0.2, 0) is 11.3 Å². The van der Waals surface area contributed by atoms with E-state index in [1.165, 1.54) is 17.7 Å². The minimum Gasteiger partial charge on any atom is -0.395 e. The Morgan fingerprint density at radius 3 is 2.84 bits per heavy atom. The Hall–Kier alpha value is -0.860. The number of rotatable bonds is 3. The summed E-state index contributed by atoms with van der Waals surface area (Å²) in [6.07, 6.45) is 3.93. The predicted octanol–water partition coefficient (Wildman–Crippen LogP) is 1.85. The van der Waals surface area contributed by atoms with Gasteiger partial charge in [-0.15, -0.1) is 11.3 Å². The normalized spacial score (nSPS) is 26.2. The summed E-state index contributed by atoms with van der Waals surface area (Å²) in [5.41, 5.74) is 0. The van der Waals surface area contributed by atoms with Crippen molar-refractivity contribution in [2.45, 2.75) is 38.0 Å². The fraction of sp³-hybridized carbons (Fsp3) is 0.600. The number of thiophene rings is 1. The fourth-order valence-corrected chi connectivity index (χ4v) is 3.71. The highest BCUT2D eigenvalue weighted by Gasteiger charge is 2.33. The van der Waals surface area contributed by atoms with Crippen LogP contribution in [0.3, 0.4) is 0 Å². The van der Waals surface area contributed by atoms with Gasteiger partial charge in [0.25, 0.3) is 0 Å². The van der Waals surface area contributed by atoms with Crippen LogP contribution in [0.25, 0.3) is 0 Å². The van der Waals surface area contributed by atoms with Crippen LogP contribution < -0.4 is 0 Å². The molecule has 2 unspecified atom stereocenters. The van der Waals surface area contributed by atoms with Crippen molar-refractivity contribution in [1.82, 2.24) is 4.90 Å². The van der Waals surface area contributed by atoms with Gasteiger partial charge in [0.1, 0.15) is 0 Å². The van der Waals surface area contributed by atoms with Crippen LogP contribution in [0, 0.1) is 11.8 Å². The first-order chi connectivity index (χ1) is 9.33. The van der Waals surface area contributed by atoms with Gasteiger partial charge in [0.05, 0.1) is 23.7 Å². The molecule has 0 aromatic carbocycles. The van der Waals surface area contributed by atoms with Crippen molar-refractivity contribution in [2.24, 2.45) is 0 Å². The molecule has 3 heterocycles. The van der Waals surface area contributed by atoms with E-state index in [2.05, 4.69) is 28.9 Å². The molecule has 0 amide bonds. The summed E-state index contributed by atoms with van der Waals surface area (Å²) in [6, 6.07) is 4.25. The van der Waals surface area contributed by atoms with E-state index in [9.17, 15) is 0 Å². The summed E-state index contributed by atoms with van der Waals surface area (Å²) in [7, 11) is 0. The van der Waals surface area contributed by atoms with Crippen LogP contribution in [0.2, 0.25) is 0 Å². The highest BCUT2D eigenvalue weighted by molar-refractivity contribution is 7.12. The molecule has 2 aliphatic rings. The van der Waals surface area contributed by atoms with Gasteiger partial charge in [0, 0.05) is 30.9 Å². The molecule has 2 aliphatic heterocycles. The van der Waals surface area contributed by atoms with Crippen molar-refractivity contribution >= 4 is 11.3 Å². The molecular formula is C15H19NO2S. The molecule has 2 saturated heterocycles. The third-order valence-electron chi connectivity index (χ3n) is 3.61. The first-order valence-electron chi connectivity index (χ1n) is 6.90. The maximum atomic E-state index is 8.70. The first-order valence-corrected chi connectivity index (χ1v) is 7.71. The van der Waals surface area contributed by atoms with Crippen molar-refractivity contribution in [3.8, 4) is 11.8 Å². The Morgan fingerprint density at radius 1 is 1.32 bits per heavy atom. The minimum atomic E-state index is 0.141. The van der Waals surface area contributed by atoms with Gasteiger partial charge in [-0.05, 0) is 25.0 Å². The van der Waals surface area contributed by atoms with Crippen LogP contribution in [0.15, 0.2) is 12.1 Å². The molecular weight excluding hydrogens is 258 g/mol. The fourth-order valence-electron chi connectivity index (χ4n) is 2.78. The van der Waals surface area contributed by atoms with Crippen LogP contribution >= 0.6 is 11.3 Å². The maximum Gasteiger partial charge on any atom is 0.0771 e. The quantitative estimate of drug-likeness (QED) is 0.856. The molecule has 0 radical (unpaired) electrons. The number of likely N-dealkylation sites (tertiary alicyclic amines) is 1. The molecule has 1 N–H and O–H groups in total. The molecule has 1 aromatic rings. The Kier molecular flexibility index (Phi) is 4.19. The second-order valence-electron chi connectivity index (χ2n) is 5.19. The van der Waals surface area contributed by atoms with Gasteiger partial charge >= 0.3 is 0 Å². The van der Waals surface area contributed by atoms with Crippen LogP contribution in [0.4, 0.5) is 0 Å². The van der Waals surface area contributed by atoms with Crippen LogP contribution in [0.1, 0.15) is 29.0 Å². The molecule has 102 valence electrons. The van der Waals surface area contributed by atoms with Gasteiger partial charge in [-0.1, -0.05) is 11.8 Å². The lowest BCUT2D eigenvalue weighted by atomic mass is 10.2. The number of morpholine rings is 1. The Bertz CT molecular complexity index is 476. The van der Waals surface area contributed by atoms with E-state index in [0.29, 0.717) is 18.6 Å². The van der Waals surface area contributed by atoms with Gasteiger partial charge in [0.2, 0.25) is 0 Å². The second kappa shape index (κ2) is 6.06. The van der Waals surface area contributed by atoms with E-state index in [1.807, 2.05) is 0 Å². The van der Waals surface area contributed by atoms with E-state index < -0.39 is 0 Å². The molecule has 0 saturated carbocycles. The summed E-state index contributed by atoms with van der Waals surface area (Å²) < 4.78 is 5.85. The molecule has 3 rings (SSSR count). The summed E-state index contributed by atoms with van der Waals surface area (Å²) in [5, 5.41) is 8.70. The average molecular weight is 277 g/mol. The van der Waals surface area contributed by atoms with E-state index in [-0.39, 0.29) is 6.61 Å². The van der Waals surface area contributed by atoms with Crippen molar-refractivity contribution in [1.29, 1.82) is 0 Å². The van der Waals surface area contributed by atoms with Gasteiger partial charge < -0.3 is 9.84 Å². The van der Waals surface area contributed by atoms with Gasteiger partial charge in [-0.2, -0.15) is 0 Å². The van der Waals surface area contributed by atoms with E-state index in [1.54, 1.807) is 11.3 Å². The molecule has 4 heteroatoms. The topological polar surface area (TPSA) is 32.7 Å². The SMILES string of the molecule is OCCC#Cc1ccc(CN2CC3CCC(C2)O3)s1. The Morgan fingerprint density at radius 2 is 2.11 bits per heavy atom. The minimum absolute atomic E-state index is 0.141. The lowest BCUT2D eigenvalue weighted by Crippen LogP contribution is -2.41. The zero-order chi connectivity index (χ0) is 13.1. The maximum absolute atomic E-state index is 8.70. The van der Waals surface area contributed by atoms with Gasteiger partial charge in [-0.3, -0.25) is 4.90 Å². The molecule has 0 spiro atoms. The van der Waals surface area contributed by atoms with E-state index in [0.717, 1.165) is 24.5 Å². The molecule has 3 nitrogen and oxygen atoms in total. The second-order valence-corrected chi connectivity index (χ2v) is 6.36. The van der Waals surface area contributed by atoms with Crippen molar-refractivity contribution < 1.29 is 9.84 Å². The lowest BCUT2D eigenvalue weighted by Gasteiger charge is -2.31. The molecule has 2 fully saturated rings. The summed E-state index contributed by atoms with van der Waals surface area (Å²) >= 11 is 1.76. The highest BCUT2D eigenvalue weighted by Crippen LogP contribution is 2.28. The average Bonchev–Trinajstić information content (AvgIpc) is 2.97. The number of ether oxygens (including phenoxy) is 1.